The molecule has 1 unspecified atom stereocenters. The van der Waals surface area contributed by atoms with Gasteiger partial charge in [0, 0.05) is 18.8 Å². The molecule has 1 aliphatic heterocycles. The van der Waals surface area contributed by atoms with Crippen LogP contribution in [0.5, 0.6) is 5.75 Å². The van der Waals surface area contributed by atoms with Gasteiger partial charge in [0.2, 0.25) is 12.3 Å². The predicted octanol–water partition coefficient (Wildman–Crippen LogP) is 2.33. The van der Waals surface area contributed by atoms with Crippen LogP contribution in [0.25, 0.3) is 6.08 Å². The second kappa shape index (κ2) is 7.04. The minimum absolute atomic E-state index is 0.0686. The van der Waals surface area contributed by atoms with E-state index >= 15 is 0 Å². The number of aromatic hydroxyl groups is 1. The second-order valence-corrected chi connectivity index (χ2v) is 5.50. The molecule has 0 aliphatic carbocycles. The van der Waals surface area contributed by atoms with Gasteiger partial charge in [-0.25, -0.2) is 0 Å². The number of pyridine rings is 1. The first-order valence-electron chi connectivity index (χ1n) is 7.63. The average Bonchev–Trinajstić information content (AvgIpc) is 2.97. The van der Waals surface area contributed by atoms with Crippen molar-refractivity contribution < 1.29 is 14.4 Å². The fourth-order valence-electron chi connectivity index (χ4n) is 2.77. The van der Waals surface area contributed by atoms with Gasteiger partial charge in [-0.15, -0.1) is 0 Å². The highest BCUT2D eigenvalue weighted by atomic mass is 16.5. The normalized spacial score (nSPS) is 19.0. The summed E-state index contributed by atoms with van der Waals surface area (Å²) in [6.07, 6.45) is 11.3. The van der Waals surface area contributed by atoms with E-state index in [2.05, 4.69) is 15.1 Å². The number of carbonyl (C=O) groups excluding carboxylic acids is 1. The van der Waals surface area contributed by atoms with E-state index in [9.17, 15) is 9.90 Å². The number of hydrogen-bond donors (Lipinski definition) is 1. The Morgan fingerprint density at radius 2 is 2.26 bits per heavy atom. The molecule has 1 atom stereocenters. The van der Waals surface area contributed by atoms with Crippen molar-refractivity contribution in [1.29, 1.82) is 0 Å². The Kier molecular flexibility index (Phi) is 4.65. The molecule has 3 heterocycles. The number of rotatable bonds is 3. The van der Waals surface area contributed by atoms with Crippen molar-refractivity contribution in [3.05, 3.63) is 42.3 Å². The van der Waals surface area contributed by atoms with Crippen LogP contribution in [0.1, 0.15) is 43.1 Å². The number of amides is 1. The average molecular weight is 314 g/mol. The van der Waals surface area contributed by atoms with Crippen LogP contribution in [0.2, 0.25) is 0 Å². The maximum absolute atomic E-state index is 12.6. The van der Waals surface area contributed by atoms with Crippen LogP contribution >= 0.6 is 0 Å². The molecule has 0 spiro atoms. The maximum Gasteiger partial charge on any atom is 0.247 e. The Hall–Kier alpha value is -2.70. The van der Waals surface area contributed by atoms with Gasteiger partial charge in [-0.2, -0.15) is 4.98 Å². The molecule has 2 aromatic heterocycles. The molecule has 0 radical (unpaired) electrons. The molecule has 2 aromatic rings. The monoisotopic (exact) mass is 314 g/mol. The van der Waals surface area contributed by atoms with E-state index in [4.69, 9.17) is 4.52 Å². The van der Waals surface area contributed by atoms with Gasteiger partial charge >= 0.3 is 0 Å². The van der Waals surface area contributed by atoms with Crippen molar-refractivity contribution in [1.82, 2.24) is 20.0 Å². The van der Waals surface area contributed by atoms with E-state index in [0.29, 0.717) is 17.9 Å². The van der Waals surface area contributed by atoms with Crippen molar-refractivity contribution >= 4 is 12.0 Å². The molecule has 0 aromatic carbocycles. The SMILES string of the molecule is O=C(/C=C/c1cncc(O)c1)N1CCCCCC1c1ncon1. The van der Waals surface area contributed by atoms with Gasteiger partial charge in [0.1, 0.15) is 5.75 Å². The zero-order valence-corrected chi connectivity index (χ0v) is 12.6. The molecular weight excluding hydrogens is 296 g/mol. The van der Waals surface area contributed by atoms with Crippen LogP contribution in [-0.4, -0.2) is 37.6 Å². The van der Waals surface area contributed by atoms with Gasteiger partial charge in [-0.3, -0.25) is 9.78 Å². The third-order valence-corrected chi connectivity index (χ3v) is 3.88. The molecule has 1 N–H and O–H groups in total. The molecular formula is C16H18N4O3. The zero-order chi connectivity index (χ0) is 16.1. The summed E-state index contributed by atoms with van der Waals surface area (Å²) in [6, 6.07) is 1.39. The summed E-state index contributed by atoms with van der Waals surface area (Å²) in [5.74, 6) is 0.511. The summed E-state index contributed by atoms with van der Waals surface area (Å²) in [6.45, 7) is 0.667. The number of aromatic nitrogens is 3. The van der Waals surface area contributed by atoms with Crippen molar-refractivity contribution in [2.24, 2.45) is 0 Å². The van der Waals surface area contributed by atoms with Crippen molar-refractivity contribution in [2.75, 3.05) is 6.54 Å². The molecule has 1 fully saturated rings. The summed E-state index contributed by atoms with van der Waals surface area (Å²) < 4.78 is 4.83. The first-order valence-corrected chi connectivity index (χ1v) is 7.63. The quantitative estimate of drug-likeness (QED) is 0.874. The van der Waals surface area contributed by atoms with Crippen LogP contribution in [0.15, 0.2) is 35.5 Å². The van der Waals surface area contributed by atoms with Crippen LogP contribution in [0, 0.1) is 0 Å². The summed E-state index contributed by atoms with van der Waals surface area (Å²) in [4.78, 5) is 22.4. The molecule has 120 valence electrons. The standard InChI is InChI=1S/C16H18N4O3/c21-13-8-12(9-17-10-13)5-6-15(22)20-7-3-1-2-4-14(20)16-18-11-23-19-16/h5-6,8-11,14,21H,1-4,7H2/b6-5+. The molecule has 1 amide bonds. The molecule has 7 heteroatoms. The van der Waals surface area contributed by atoms with E-state index in [1.165, 1.54) is 18.7 Å². The second-order valence-electron chi connectivity index (χ2n) is 5.50. The minimum Gasteiger partial charge on any atom is -0.506 e. The highest BCUT2D eigenvalue weighted by Gasteiger charge is 2.28. The topological polar surface area (TPSA) is 92.3 Å². The Balaban J connectivity index is 1.77. The molecule has 0 bridgehead atoms. The number of carbonyl (C=O) groups is 1. The molecule has 1 aliphatic rings. The first kappa shape index (κ1) is 15.2. The van der Waals surface area contributed by atoms with E-state index in [1.54, 1.807) is 23.2 Å². The minimum atomic E-state index is -0.157. The summed E-state index contributed by atoms with van der Waals surface area (Å²) in [5.41, 5.74) is 0.671. The first-order chi connectivity index (χ1) is 11.2. The molecule has 3 rings (SSSR count). The Morgan fingerprint density at radius 1 is 1.35 bits per heavy atom. The van der Waals surface area contributed by atoms with Gasteiger partial charge < -0.3 is 14.5 Å². The highest BCUT2D eigenvalue weighted by Crippen LogP contribution is 2.28. The van der Waals surface area contributed by atoms with Gasteiger partial charge in [0.15, 0.2) is 5.82 Å². The third-order valence-electron chi connectivity index (χ3n) is 3.88. The van der Waals surface area contributed by atoms with E-state index in [0.717, 1.165) is 25.7 Å². The van der Waals surface area contributed by atoms with Crippen molar-refractivity contribution in [2.45, 2.75) is 31.7 Å². The highest BCUT2D eigenvalue weighted by molar-refractivity contribution is 5.92. The zero-order valence-electron chi connectivity index (χ0n) is 12.6. The number of likely N-dealkylation sites (tertiary alicyclic amines) is 1. The lowest BCUT2D eigenvalue weighted by Crippen LogP contribution is -2.34. The lowest BCUT2D eigenvalue weighted by atomic mass is 10.1. The Morgan fingerprint density at radius 3 is 3.04 bits per heavy atom. The lowest BCUT2D eigenvalue weighted by Gasteiger charge is -2.26. The van der Waals surface area contributed by atoms with Crippen molar-refractivity contribution in [3.8, 4) is 5.75 Å². The predicted molar refractivity (Wildman–Crippen MR) is 82.2 cm³/mol. The maximum atomic E-state index is 12.6. The summed E-state index contributed by atoms with van der Waals surface area (Å²) in [5, 5.41) is 13.3. The fraction of sp³-hybridized carbons (Fsp3) is 0.375. The fourth-order valence-corrected chi connectivity index (χ4v) is 2.77. The number of hydrogen-bond acceptors (Lipinski definition) is 6. The smallest absolute Gasteiger partial charge is 0.247 e. The molecule has 7 nitrogen and oxygen atoms in total. The Bertz CT molecular complexity index is 684. The van der Waals surface area contributed by atoms with Gasteiger partial charge in [-0.05, 0) is 30.5 Å². The largest absolute Gasteiger partial charge is 0.506 e. The molecule has 0 saturated carbocycles. The van der Waals surface area contributed by atoms with E-state index in [-0.39, 0.29) is 17.7 Å². The molecule has 1 saturated heterocycles. The van der Waals surface area contributed by atoms with Crippen LogP contribution in [0.4, 0.5) is 0 Å². The summed E-state index contributed by atoms with van der Waals surface area (Å²) in [7, 11) is 0. The van der Waals surface area contributed by atoms with Gasteiger partial charge in [0.05, 0.1) is 12.2 Å². The Labute approximate surface area is 133 Å². The van der Waals surface area contributed by atoms with Crippen LogP contribution in [0.3, 0.4) is 0 Å². The van der Waals surface area contributed by atoms with Crippen molar-refractivity contribution in [3.63, 3.8) is 0 Å². The van der Waals surface area contributed by atoms with Crippen LogP contribution < -0.4 is 0 Å². The van der Waals surface area contributed by atoms with E-state index < -0.39 is 0 Å². The van der Waals surface area contributed by atoms with E-state index in [1.807, 2.05) is 0 Å². The van der Waals surface area contributed by atoms with Gasteiger partial charge in [0.25, 0.3) is 0 Å². The molecule has 23 heavy (non-hydrogen) atoms. The van der Waals surface area contributed by atoms with Gasteiger partial charge in [-0.1, -0.05) is 18.0 Å². The number of nitrogens with zero attached hydrogens (tertiary/aromatic N) is 4. The summed E-state index contributed by atoms with van der Waals surface area (Å²) >= 11 is 0. The lowest BCUT2D eigenvalue weighted by molar-refractivity contribution is -0.128. The third kappa shape index (κ3) is 3.74. The van der Waals surface area contributed by atoms with Crippen LogP contribution in [-0.2, 0) is 4.79 Å².